The summed E-state index contributed by atoms with van der Waals surface area (Å²) in [5.74, 6) is -0.341. The van der Waals surface area contributed by atoms with Crippen LogP contribution >= 0.6 is 7.82 Å². The maximum absolute atomic E-state index is 12.8. The van der Waals surface area contributed by atoms with Crippen LogP contribution in [0, 0.1) is 0 Å². The minimum atomic E-state index is -4.30. The number of quaternary nitrogens is 1. The van der Waals surface area contributed by atoms with E-state index in [9.17, 15) is 14.3 Å². The lowest BCUT2D eigenvalue weighted by Crippen LogP contribution is -2.37. The SMILES string of the molecule is CC/C=C\C/C=C\C/C=C\C/C=C\C/C=C\C/C=C\C/C=C\CCCCCCOCC(COP(=O)(O)OCC[N+](C)(C)C)OC(=O)CCCCCCCC/C=C\C/C=C\C/C=C\CCCCC. The second-order valence-corrected chi connectivity index (χ2v) is 19.6. The van der Waals surface area contributed by atoms with E-state index >= 15 is 0 Å². The van der Waals surface area contributed by atoms with Crippen LogP contribution in [0.1, 0.15) is 181 Å². The molecule has 2 atom stereocenters. The first kappa shape index (κ1) is 63.9. The summed E-state index contributed by atoms with van der Waals surface area (Å²) in [6, 6.07) is 0. The Bertz CT molecular complexity index is 1480. The van der Waals surface area contributed by atoms with Gasteiger partial charge in [-0.25, -0.2) is 4.57 Å². The zero-order chi connectivity index (χ0) is 49.0. The molecule has 0 bridgehead atoms. The van der Waals surface area contributed by atoms with Crippen molar-refractivity contribution in [3.63, 3.8) is 0 Å². The van der Waals surface area contributed by atoms with E-state index < -0.39 is 13.9 Å². The molecule has 0 aliphatic heterocycles. The molecule has 1 N–H and O–H groups in total. The van der Waals surface area contributed by atoms with Crippen LogP contribution in [0.2, 0.25) is 0 Å². The van der Waals surface area contributed by atoms with Crippen molar-refractivity contribution in [3.8, 4) is 0 Å². The molecule has 382 valence electrons. The van der Waals surface area contributed by atoms with Crippen LogP contribution < -0.4 is 0 Å². The van der Waals surface area contributed by atoms with Gasteiger partial charge >= 0.3 is 13.8 Å². The molecule has 0 heterocycles. The molecule has 0 rings (SSSR count). The summed E-state index contributed by atoms with van der Waals surface area (Å²) in [6.07, 6.45) is 71.0. The molecule has 0 amide bonds. The monoisotopic (exact) mass is 953 g/mol. The molecule has 0 saturated carbocycles. The van der Waals surface area contributed by atoms with Gasteiger partial charge in [0.05, 0.1) is 34.4 Å². The Kier molecular flexibility index (Phi) is 47.0. The lowest BCUT2D eigenvalue weighted by Gasteiger charge is -2.24. The largest absolute Gasteiger partial charge is 0.472 e. The van der Waals surface area contributed by atoms with Crippen molar-refractivity contribution < 1.29 is 37.3 Å². The minimum absolute atomic E-state index is 0.0728. The summed E-state index contributed by atoms with van der Waals surface area (Å²) in [5, 5.41) is 0. The van der Waals surface area contributed by atoms with Gasteiger partial charge in [0.1, 0.15) is 19.3 Å². The van der Waals surface area contributed by atoms with Crippen molar-refractivity contribution >= 4 is 13.8 Å². The number of ether oxygens (including phenoxy) is 2. The number of carbonyl (C=O) groups excluding carboxylic acids is 1. The second kappa shape index (κ2) is 49.3. The van der Waals surface area contributed by atoms with Crippen molar-refractivity contribution in [1.29, 1.82) is 0 Å². The Morgan fingerprint density at radius 1 is 0.478 bits per heavy atom. The van der Waals surface area contributed by atoms with Crippen LogP contribution in [0.5, 0.6) is 0 Å². The first-order valence-electron chi connectivity index (χ1n) is 26.3. The number of phosphoric acid groups is 1. The van der Waals surface area contributed by atoms with Gasteiger partial charge in [0.25, 0.3) is 0 Å². The standard InChI is InChI=1S/C58H98NO7P/c1-6-8-10-12-14-16-18-20-22-24-26-27-28-29-30-31-32-34-36-38-40-42-44-46-48-50-53-63-55-57(56-65-67(61,62)64-54-52-59(3,4)5)66-58(60)51-49-47-45-43-41-39-37-35-33-25-23-21-19-17-15-13-11-9-7-2/h8,10,14-17,20-23,26-27,29-30,32-35,38,40,57H,6-7,9,11-13,18-19,24-25,28,31,36-37,39,41-56H2,1-5H3/p+1/b10-8-,16-14-,17-15-,22-20-,23-21-,27-26-,30-29-,34-32-,35-33-,40-38-. The fraction of sp³-hybridized carbons (Fsp3) is 0.638. The molecular formula is C58H99NO7P+. The number of nitrogens with zero attached hydrogens (tertiary/aromatic N) is 1. The van der Waals surface area contributed by atoms with Crippen molar-refractivity contribution in [1.82, 2.24) is 0 Å². The van der Waals surface area contributed by atoms with Crippen LogP contribution in [-0.2, 0) is 27.9 Å². The number of likely N-dealkylation sites (N-methyl/N-ethyl adjacent to an activating group) is 1. The number of unbranched alkanes of at least 4 members (excludes halogenated alkanes) is 13. The van der Waals surface area contributed by atoms with Crippen molar-refractivity contribution in [2.75, 3.05) is 54.1 Å². The number of allylic oxidation sites excluding steroid dienone is 20. The Morgan fingerprint density at radius 2 is 0.866 bits per heavy atom. The molecule has 0 aromatic rings. The molecule has 0 saturated heterocycles. The first-order chi connectivity index (χ1) is 32.6. The highest BCUT2D eigenvalue weighted by Crippen LogP contribution is 2.43. The molecule has 0 spiro atoms. The van der Waals surface area contributed by atoms with E-state index in [1.54, 1.807) is 0 Å². The lowest BCUT2D eigenvalue weighted by atomic mass is 10.1. The summed E-state index contributed by atoms with van der Waals surface area (Å²) in [4.78, 5) is 23.0. The normalized spacial score (nSPS) is 14.5. The molecule has 9 heteroatoms. The van der Waals surface area contributed by atoms with E-state index in [-0.39, 0.29) is 25.8 Å². The van der Waals surface area contributed by atoms with Crippen LogP contribution in [0.25, 0.3) is 0 Å². The molecule has 0 fully saturated rings. The number of esters is 1. The molecule has 67 heavy (non-hydrogen) atoms. The van der Waals surface area contributed by atoms with Crippen LogP contribution in [-0.4, -0.2) is 75.6 Å². The van der Waals surface area contributed by atoms with Crippen LogP contribution in [0.3, 0.4) is 0 Å². The number of carbonyl (C=O) groups is 1. The van der Waals surface area contributed by atoms with E-state index in [2.05, 4.69) is 135 Å². The van der Waals surface area contributed by atoms with E-state index in [4.69, 9.17) is 18.5 Å². The van der Waals surface area contributed by atoms with Gasteiger partial charge in [-0.15, -0.1) is 0 Å². The Labute approximate surface area is 412 Å². The maximum Gasteiger partial charge on any atom is 0.472 e. The Balaban J connectivity index is 4.27. The number of phosphoric ester groups is 1. The molecule has 0 aromatic carbocycles. The van der Waals surface area contributed by atoms with Crippen molar-refractivity contribution in [2.45, 2.75) is 187 Å². The predicted molar refractivity (Wildman–Crippen MR) is 288 cm³/mol. The van der Waals surface area contributed by atoms with Gasteiger partial charge in [-0.05, 0) is 109 Å². The highest BCUT2D eigenvalue weighted by atomic mass is 31.2. The van der Waals surface area contributed by atoms with Crippen LogP contribution in [0.15, 0.2) is 122 Å². The fourth-order valence-electron chi connectivity index (χ4n) is 6.48. The van der Waals surface area contributed by atoms with Crippen LogP contribution in [0.4, 0.5) is 0 Å². The Morgan fingerprint density at radius 3 is 1.30 bits per heavy atom. The van der Waals surface area contributed by atoms with Gasteiger partial charge in [0.15, 0.2) is 0 Å². The molecule has 0 aromatic heterocycles. The summed E-state index contributed by atoms with van der Waals surface area (Å²) < 4.78 is 35.1. The predicted octanol–water partition coefficient (Wildman–Crippen LogP) is 16.5. The highest BCUT2D eigenvalue weighted by Gasteiger charge is 2.26. The van der Waals surface area contributed by atoms with Gasteiger partial charge in [-0.1, -0.05) is 187 Å². The summed E-state index contributed by atoms with van der Waals surface area (Å²) in [7, 11) is 1.62. The number of hydrogen-bond acceptors (Lipinski definition) is 6. The third-order valence-corrected chi connectivity index (χ3v) is 11.5. The van der Waals surface area contributed by atoms with Gasteiger partial charge in [-0.2, -0.15) is 0 Å². The molecule has 0 radical (unpaired) electrons. The van der Waals surface area contributed by atoms with Gasteiger partial charge in [0, 0.05) is 13.0 Å². The van der Waals surface area contributed by atoms with Gasteiger partial charge < -0.3 is 18.9 Å². The first-order valence-corrected chi connectivity index (χ1v) is 27.8. The number of hydrogen-bond donors (Lipinski definition) is 1. The molecule has 8 nitrogen and oxygen atoms in total. The summed E-state index contributed by atoms with van der Waals surface area (Å²) in [5.41, 5.74) is 0. The maximum atomic E-state index is 12.8. The zero-order valence-electron chi connectivity index (χ0n) is 43.3. The van der Waals surface area contributed by atoms with Crippen molar-refractivity contribution in [3.05, 3.63) is 122 Å². The summed E-state index contributed by atoms with van der Waals surface area (Å²) >= 11 is 0. The fourth-order valence-corrected chi connectivity index (χ4v) is 7.22. The zero-order valence-corrected chi connectivity index (χ0v) is 44.2. The molecular weight excluding hydrogens is 854 g/mol. The molecule has 0 aliphatic carbocycles. The third kappa shape index (κ3) is 53.7. The molecule has 0 aliphatic rings. The van der Waals surface area contributed by atoms with Crippen molar-refractivity contribution in [2.24, 2.45) is 0 Å². The van der Waals surface area contributed by atoms with E-state index in [1.807, 2.05) is 21.1 Å². The molecule has 2 unspecified atom stereocenters. The topological polar surface area (TPSA) is 91.3 Å². The second-order valence-electron chi connectivity index (χ2n) is 18.2. The Hall–Kier alpha value is -3.10. The van der Waals surface area contributed by atoms with Gasteiger partial charge in [0.2, 0.25) is 0 Å². The quantitative estimate of drug-likeness (QED) is 0.0214. The van der Waals surface area contributed by atoms with E-state index in [0.717, 1.165) is 122 Å². The smallest absolute Gasteiger partial charge is 0.457 e. The van der Waals surface area contributed by atoms with Gasteiger partial charge in [-0.3, -0.25) is 13.8 Å². The highest BCUT2D eigenvalue weighted by molar-refractivity contribution is 7.47. The minimum Gasteiger partial charge on any atom is -0.457 e. The van der Waals surface area contributed by atoms with E-state index in [1.165, 1.54) is 38.5 Å². The average molecular weight is 953 g/mol. The van der Waals surface area contributed by atoms with E-state index in [0.29, 0.717) is 24.1 Å². The summed E-state index contributed by atoms with van der Waals surface area (Å²) in [6.45, 7) is 5.37. The third-order valence-electron chi connectivity index (χ3n) is 10.5. The number of rotatable bonds is 47. The lowest BCUT2D eigenvalue weighted by molar-refractivity contribution is -0.870. The average Bonchev–Trinajstić information content (AvgIpc) is 3.29.